The molecule has 1 aromatic heterocycles. The Morgan fingerprint density at radius 2 is 1.89 bits per heavy atom. The predicted octanol–water partition coefficient (Wildman–Crippen LogP) is 5.42. The number of rotatable bonds is 8. The second-order valence-electron chi connectivity index (χ2n) is 7.11. The Balaban J connectivity index is 1.50. The maximum absolute atomic E-state index is 12.4. The summed E-state index contributed by atoms with van der Waals surface area (Å²) in [6, 6.07) is 20.6. The minimum atomic E-state index is -0.326. The van der Waals surface area contributed by atoms with E-state index < -0.39 is 0 Å². The van der Waals surface area contributed by atoms with E-state index in [1.54, 1.807) is 19.2 Å². The number of thioether (sulfide) groups is 1. The van der Waals surface area contributed by atoms with Crippen molar-refractivity contribution in [1.82, 2.24) is 20.2 Å². The van der Waals surface area contributed by atoms with Crippen LogP contribution in [-0.4, -0.2) is 44.9 Å². The summed E-state index contributed by atoms with van der Waals surface area (Å²) in [7, 11) is 1.62. The van der Waals surface area contributed by atoms with Crippen molar-refractivity contribution in [2.24, 2.45) is 5.10 Å². The fraction of sp³-hybridized carbons (Fsp3) is 0.0833. The van der Waals surface area contributed by atoms with E-state index in [1.807, 2.05) is 59.2 Å². The topological polar surface area (TPSA) is 102 Å². The van der Waals surface area contributed by atoms with Crippen LogP contribution in [-0.2, 0) is 4.79 Å². The lowest BCUT2D eigenvalue weighted by atomic mass is 10.2. The average molecular weight is 617 g/mol. The molecule has 0 bridgehead atoms. The zero-order valence-electron chi connectivity index (χ0n) is 18.4. The second kappa shape index (κ2) is 11.5. The Kier molecular flexibility index (Phi) is 8.21. The standard InChI is InChI=1S/C24H19Br2N5O3S/c1-34-19-9-7-15(8-10-19)23-29-30-24(31(23)18-5-3-2-4-6-18)35-14-21(32)28-27-13-16-11-17(25)12-20(26)22(16)33/h2-13,33H,14H2,1H3,(H,28,32)/b27-13+. The number of halogens is 2. The molecule has 0 fully saturated rings. The quantitative estimate of drug-likeness (QED) is 0.156. The molecule has 0 aliphatic carbocycles. The maximum Gasteiger partial charge on any atom is 0.250 e. The normalized spacial score (nSPS) is 11.1. The van der Waals surface area contributed by atoms with Crippen LogP contribution in [0.15, 0.2) is 85.9 Å². The van der Waals surface area contributed by atoms with Crippen molar-refractivity contribution in [3.05, 3.63) is 81.2 Å². The molecule has 4 rings (SSSR count). The molecule has 178 valence electrons. The molecule has 11 heteroatoms. The summed E-state index contributed by atoms with van der Waals surface area (Å²) in [4.78, 5) is 12.4. The molecule has 1 amide bonds. The molecule has 3 aromatic carbocycles. The van der Waals surface area contributed by atoms with Crippen LogP contribution in [0.25, 0.3) is 17.1 Å². The molecule has 0 saturated carbocycles. The molecule has 0 atom stereocenters. The molecule has 0 unspecified atom stereocenters. The number of benzene rings is 3. The van der Waals surface area contributed by atoms with Gasteiger partial charge in [0, 0.05) is 21.3 Å². The first kappa shape index (κ1) is 25.0. The third-order valence-corrected chi connectivity index (χ3v) is 6.77. The van der Waals surface area contributed by atoms with Crippen LogP contribution in [0.5, 0.6) is 11.5 Å². The van der Waals surface area contributed by atoms with E-state index in [-0.39, 0.29) is 17.4 Å². The molecule has 2 N–H and O–H groups in total. The molecular weight excluding hydrogens is 598 g/mol. The van der Waals surface area contributed by atoms with Crippen LogP contribution in [0.4, 0.5) is 0 Å². The van der Waals surface area contributed by atoms with E-state index in [0.29, 0.717) is 21.0 Å². The molecule has 0 spiro atoms. The summed E-state index contributed by atoms with van der Waals surface area (Å²) in [5.74, 6) is 1.17. The van der Waals surface area contributed by atoms with Crippen LogP contribution >= 0.6 is 43.6 Å². The number of aromatic nitrogens is 3. The first-order valence-electron chi connectivity index (χ1n) is 10.2. The first-order chi connectivity index (χ1) is 17.0. The average Bonchev–Trinajstić information content (AvgIpc) is 3.30. The largest absolute Gasteiger partial charge is 0.506 e. The van der Waals surface area contributed by atoms with Crippen molar-refractivity contribution in [2.75, 3.05) is 12.9 Å². The van der Waals surface area contributed by atoms with Crippen LogP contribution in [0.3, 0.4) is 0 Å². The number of phenolic OH excluding ortho intramolecular Hbond substituents is 1. The van der Waals surface area contributed by atoms with Crippen molar-refractivity contribution in [1.29, 1.82) is 0 Å². The highest BCUT2D eigenvalue weighted by molar-refractivity contribution is 9.11. The van der Waals surface area contributed by atoms with Gasteiger partial charge in [0.2, 0.25) is 0 Å². The van der Waals surface area contributed by atoms with Gasteiger partial charge in [0.15, 0.2) is 11.0 Å². The SMILES string of the molecule is COc1ccc(-c2nnc(SCC(=O)N/N=C/c3cc(Br)cc(Br)c3O)n2-c2ccccc2)cc1. The number of phenols is 1. The van der Waals surface area contributed by atoms with Crippen LogP contribution in [0, 0.1) is 0 Å². The first-order valence-corrected chi connectivity index (χ1v) is 12.8. The van der Waals surface area contributed by atoms with Crippen molar-refractivity contribution >= 4 is 55.7 Å². The number of hydrogen-bond acceptors (Lipinski definition) is 7. The number of nitrogens with one attached hydrogen (secondary N) is 1. The zero-order chi connectivity index (χ0) is 24.8. The fourth-order valence-electron chi connectivity index (χ4n) is 3.12. The summed E-state index contributed by atoms with van der Waals surface area (Å²) >= 11 is 7.86. The number of ether oxygens (including phenoxy) is 1. The molecule has 1 heterocycles. The lowest BCUT2D eigenvalue weighted by molar-refractivity contribution is -0.118. The Morgan fingerprint density at radius 3 is 2.60 bits per heavy atom. The van der Waals surface area contributed by atoms with Crippen LogP contribution in [0.2, 0.25) is 0 Å². The molecule has 8 nitrogen and oxygen atoms in total. The van der Waals surface area contributed by atoms with E-state index in [0.717, 1.165) is 21.5 Å². The number of methoxy groups -OCH3 is 1. The lowest BCUT2D eigenvalue weighted by Gasteiger charge is -2.10. The number of para-hydroxylation sites is 1. The van der Waals surface area contributed by atoms with E-state index in [2.05, 4.69) is 52.6 Å². The van der Waals surface area contributed by atoms with E-state index in [9.17, 15) is 9.90 Å². The summed E-state index contributed by atoms with van der Waals surface area (Å²) in [5.41, 5.74) is 4.66. The molecule has 35 heavy (non-hydrogen) atoms. The molecule has 0 radical (unpaired) electrons. The van der Waals surface area contributed by atoms with E-state index in [4.69, 9.17) is 4.74 Å². The van der Waals surface area contributed by atoms with Crippen molar-refractivity contribution < 1.29 is 14.6 Å². The molecule has 0 saturated heterocycles. The van der Waals surface area contributed by atoms with Gasteiger partial charge in [-0.2, -0.15) is 5.10 Å². The highest BCUT2D eigenvalue weighted by Gasteiger charge is 2.17. The minimum absolute atomic E-state index is 0.0302. The second-order valence-corrected chi connectivity index (χ2v) is 9.83. The number of hydrazone groups is 1. The highest BCUT2D eigenvalue weighted by Crippen LogP contribution is 2.31. The number of carbonyl (C=O) groups excluding carboxylic acids is 1. The van der Waals surface area contributed by atoms with Crippen molar-refractivity contribution in [3.8, 4) is 28.6 Å². The summed E-state index contributed by atoms with van der Waals surface area (Å²) in [5, 5.41) is 23.3. The van der Waals surface area contributed by atoms with Gasteiger partial charge in [-0.15, -0.1) is 10.2 Å². The van der Waals surface area contributed by atoms with Crippen molar-refractivity contribution in [2.45, 2.75) is 5.16 Å². The Morgan fingerprint density at radius 1 is 1.14 bits per heavy atom. The van der Waals surface area contributed by atoms with Crippen molar-refractivity contribution in [3.63, 3.8) is 0 Å². The van der Waals surface area contributed by atoms with Gasteiger partial charge in [-0.25, -0.2) is 5.43 Å². The van der Waals surface area contributed by atoms with Crippen LogP contribution in [0.1, 0.15) is 5.56 Å². The van der Waals surface area contributed by atoms with Gasteiger partial charge in [0.05, 0.1) is 23.5 Å². The van der Waals surface area contributed by atoms with Gasteiger partial charge >= 0.3 is 0 Å². The number of nitrogens with zero attached hydrogens (tertiary/aromatic N) is 4. The maximum atomic E-state index is 12.4. The molecule has 0 aliphatic rings. The monoisotopic (exact) mass is 615 g/mol. The smallest absolute Gasteiger partial charge is 0.250 e. The summed E-state index contributed by atoms with van der Waals surface area (Å²) < 4.78 is 8.43. The van der Waals surface area contributed by atoms with Gasteiger partial charge in [-0.1, -0.05) is 45.9 Å². The van der Waals surface area contributed by atoms with E-state index >= 15 is 0 Å². The van der Waals surface area contributed by atoms with Gasteiger partial charge in [-0.3, -0.25) is 9.36 Å². The number of amides is 1. The Hall–Kier alpha value is -3.15. The highest BCUT2D eigenvalue weighted by atomic mass is 79.9. The van der Waals surface area contributed by atoms with Crippen LogP contribution < -0.4 is 10.2 Å². The third-order valence-electron chi connectivity index (χ3n) is 4.78. The zero-order valence-corrected chi connectivity index (χ0v) is 22.3. The van der Waals surface area contributed by atoms with Gasteiger partial charge in [-0.05, 0) is 64.5 Å². The molecule has 4 aromatic rings. The summed E-state index contributed by atoms with van der Waals surface area (Å²) in [6.07, 6.45) is 1.38. The van der Waals surface area contributed by atoms with Gasteiger partial charge in [0.25, 0.3) is 5.91 Å². The number of hydrogen-bond donors (Lipinski definition) is 2. The third kappa shape index (κ3) is 6.11. The predicted molar refractivity (Wildman–Crippen MR) is 143 cm³/mol. The Bertz CT molecular complexity index is 1360. The molecule has 0 aliphatic heterocycles. The van der Waals surface area contributed by atoms with Gasteiger partial charge < -0.3 is 9.84 Å². The molecular formula is C24H19Br2N5O3S. The number of carbonyl (C=O) groups is 1. The fourth-order valence-corrected chi connectivity index (χ4v) is 5.12. The van der Waals surface area contributed by atoms with Gasteiger partial charge in [0.1, 0.15) is 11.5 Å². The Labute approximate surface area is 222 Å². The lowest BCUT2D eigenvalue weighted by Crippen LogP contribution is -2.20. The minimum Gasteiger partial charge on any atom is -0.506 e. The number of aromatic hydroxyl groups is 1. The van der Waals surface area contributed by atoms with E-state index in [1.165, 1.54) is 18.0 Å². The summed E-state index contributed by atoms with van der Waals surface area (Å²) in [6.45, 7) is 0.